The topological polar surface area (TPSA) is 75.8 Å². The van der Waals surface area contributed by atoms with Crippen LogP contribution in [0, 0.1) is 4.91 Å². The van der Waals surface area contributed by atoms with Crippen molar-refractivity contribution in [3.05, 3.63) is 28.5 Å². The van der Waals surface area contributed by atoms with E-state index < -0.39 is 6.04 Å². The molecule has 6 nitrogen and oxygen atoms in total. The highest BCUT2D eigenvalue weighted by Gasteiger charge is 2.41. The van der Waals surface area contributed by atoms with Gasteiger partial charge in [0.2, 0.25) is 12.0 Å². The summed E-state index contributed by atoms with van der Waals surface area (Å²) in [5.41, 5.74) is 1.04. The van der Waals surface area contributed by atoms with Crippen molar-refractivity contribution in [2.24, 2.45) is 4.99 Å². The summed E-state index contributed by atoms with van der Waals surface area (Å²) in [5.74, 6) is -0.531. The zero-order valence-electron chi connectivity index (χ0n) is 10.7. The third-order valence-electron chi connectivity index (χ3n) is 3.03. The Morgan fingerprint density at radius 3 is 3.05 bits per heavy atom. The van der Waals surface area contributed by atoms with E-state index in [-0.39, 0.29) is 18.2 Å². The van der Waals surface area contributed by atoms with Crippen LogP contribution in [-0.2, 0) is 14.3 Å². The molecule has 0 saturated heterocycles. The molecule has 6 heteroatoms. The predicted octanol–water partition coefficient (Wildman–Crippen LogP) is 1.30. The molecule has 0 aromatic heterocycles. The highest BCUT2D eigenvalue weighted by atomic mass is 16.5. The fourth-order valence-corrected chi connectivity index (χ4v) is 2.10. The largest absolute Gasteiger partial charge is 0.466 e. The van der Waals surface area contributed by atoms with Gasteiger partial charge in [0, 0.05) is 34.9 Å². The molecule has 0 amide bonds. The van der Waals surface area contributed by atoms with Crippen LogP contribution in [0.25, 0.3) is 0 Å². The number of nitroso groups, excluding NO2 is 1. The molecule has 0 fully saturated rings. The second kappa shape index (κ2) is 5.69. The van der Waals surface area contributed by atoms with Gasteiger partial charge in [-0.05, 0) is 13.3 Å². The molecule has 2 aliphatic heterocycles. The lowest BCUT2D eigenvalue weighted by molar-refractivity contribution is -0.509. The maximum absolute atomic E-state index is 12.1. The van der Waals surface area contributed by atoms with Crippen LogP contribution in [0.15, 0.2) is 28.5 Å². The molecule has 1 unspecified atom stereocenters. The second-order valence-corrected chi connectivity index (χ2v) is 4.34. The standard InChI is InChI=1S/C13H15N2O4/c1-2-19-12(16)5-3-4-11-13(17)10-7-14-6-9(10)8-15(11)18/h6-8,11H,2-5H2,1H3/q+1. The number of ketones is 1. The van der Waals surface area contributed by atoms with E-state index in [1.165, 1.54) is 18.6 Å². The number of rotatable bonds is 5. The Hall–Kier alpha value is -2.11. The van der Waals surface area contributed by atoms with E-state index in [1.54, 1.807) is 6.92 Å². The van der Waals surface area contributed by atoms with Crippen LogP contribution in [-0.4, -0.2) is 35.4 Å². The predicted molar refractivity (Wildman–Crippen MR) is 67.6 cm³/mol. The molecule has 0 bridgehead atoms. The maximum Gasteiger partial charge on any atom is 0.305 e. The lowest BCUT2D eigenvalue weighted by atomic mass is 9.93. The molecule has 2 rings (SSSR count). The molecule has 0 aromatic carbocycles. The number of carbonyl (C=O) groups excluding carboxylic acids is 2. The van der Waals surface area contributed by atoms with Crippen molar-refractivity contribution < 1.29 is 19.1 Å². The lowest BCUT2D eigenvalue weighted by Gasteiger charge is -2.12. The molecular formula is C13H15N2O4+. The Kier molecular flexibility index (Phi) is 3.99. The van der Waals surface area contributed by atoms with Crippen molar-refractivity contribution in [3.8, 4) is 0 Å². The normalized spacial score (nSPS) is 21.0. The summed E-state index contributed by atoms with van der Waals surface area (Å²) in [5, 5.41) is 0. The fraction of sp³-hybridized carbons (Fsp3) is 0.462. The number of Topliss-reactive ketones (excluding diaryl/α,β-unsaturated/α-hetero) is 1. The van der Waals surface area contributed by atoms with Gasteiger partial charge in [-0.3, -0.25) is 14.6 Å². The van der Waals surface area contributed by atoms with Crippen molar-refractivity contribution in [1.82, 2.24) is 0 Å². The van der Waals surface area contributed by atoms with Gasteiger partial charge in [-0.2, -0.15) is 0 Å². The van der Waals surface area contributed by atoms with Gasteiger partial charge in [0.1, 0.15) is 0 Å². The van der Waals surface area contributed by atoms with Gasteiger partial charge in [-0.15, -0.1) is 0 Å². The van der Waals surface area contributed by atoms with Crippen molar-refractivity contribution in [2.75, 3.05) is 6.61 Å². The van der Waals surface area contributed by atoms with Crippen LogP contribution in [0.1, 0.15) is 26.2 Å². The number of aliphatic imine (C=N–C) groups is 1. The summed E-state index contributed by atoms with van der Waals surface area (Å²) in [7, 11) is 0. The first-order chi connectivity index (χ1) is 9.13. The van der Waals surface area contributed by atoms with Crippen LogP contribution in [0.4, 0.5) is 0 Å². The zero-order chi connectivity index (χ0) is 13.8. The summed E-state index contributed by atoms with van der Waals surface area (Å²) in [6.45, 7) is 2.08. The van der Waals surface area contributed by atoms with E-state index in [0.717, 1.165) is 0 Å². The molecule has 19 heavy (non-hydrogen) atoms. The van der Waals surface area contributed by atoms with Gasteiger partial charge in [0.15, 0.2) is 0 Å². The minimum Gasteiger partial charge on any atom is -0.466 e. The average molecular weight is 263 g/mol. The van der Waals surface area contributed by atoms with Crippen molar-refractivity contribution in [1.29, 1.82) is 0 Å². The highest BCUT2D eigenvalue weighted by molar-refractivity contribution is 6.11. The molecule has 0 aliphatic carbocycles. The number of carbonyl (C=O) groups is 2. The number of hydrogen-bond donors (Lipinski definition) is 0. The minimum atomic E-state index is -0.758. The second-order valence-electron chi connectivity index (χ2n) is 4.34. The number of ether oxygens (including phenoxy) is 1. The third-order valence-corrected chi connectivity index (χ3v) is 3.03. The number of allylic oxidation sites excluding steroid dienone is 1. The van der Waals surface area contributed by atoms with E-state index in [4.69, 9.17) is 4.74 Å². The van der Waals surface area contributed by atoms with Crippen molar-refractivity contribution in [3.63, 3.8) is 0 Å². The molecule has 0 N–H and O–H groups in total. The Morgan fingerprint density at radius 2 is 2.32 bits per heavy atom. The van der Waals surface area contributed by atoms with Crippen LogP contribution < -0.4 is 0 Å². The number of nitrogens with zero attached hydrogens (tertiary/aromatic N) is 2. The van der Waals surface area contributed by atoms with Gasteiger partial charge >= 0.3 is 5.97 Å². The first kappa shape index (κ1) is 13.3. The van der Waals surface area contributed by atoms with E-state index in [1.807, 2.05) is 0 Å². The SMILES string of the molecule is CCOC(=O)CCCC1C(=O)C2=CN=CC2=C[N+]1=O. The molecule has 0 aromatic rings. The number of fused-ring (bicyclic) bond motifs is 1. The van der Waals surface area contributed by atoms with Gasteiger partial charge in [-0.1, -0.05) is 0 Å². The highest BCUT2D eigenvalue weighted by Crippen LogP contribution is 2.25. The summed E-state index contributed by atoms with van der Waals surface area (Å²) >= 11 is 0. The van der Waals surface area contributed by atoms with Crippen molar-refractivity contribution >= 4 is 18.0 Å². The zero-order valence-corrected chi connectivity index (χ0v) is 10.7. The minimum absolute atomic E-state index is 0.220. The van der Waals surface area contributed by atoms with Crippen LogP contribution >= 0.6 is 0 Å². The van der Waals surface area contributed by atoms with E-state index in [9.17, 15) is 14.5 Å². The molecule has 0 saturated carbocycles. The summed E-state index contributed by atoms with van der Waals surface area (Å²) < 4.78 is 5.45. The summed E-state index contributed by atoms with van der Waals surface area (Å²) in [4.78, 5) is 38.9. The first-order valence-corrected chi connectivity index (χ1v) is 6.24. The smallest absolute Gasteiger partial charge is 0.305 e. The van der Waals surface area contributed by atoms with Crippen molar-refractivity contribution in [2.45, 2.75) is 32.2 Å². The molecule has 2 heterocycles. The monoisotopic (exact) mass is 263 g/mol. The Balaban J connectivity index is 1.93. The van der Waals surface area contributed by atoms with E-state index in [0.29, 0.717) is 35.4 Å². The molecule has 100 valence electrons. The molecular weight excluding hydrogens is 248 g/mol. The third kappa shape index (κ3) is 2.83. The summed E-state index contributed by atoms with van der Waals surface area (Å²) in [6.07, 6.45) is 5.34. The molecule has 1 atom stereocenters. The van der Waals surface area contributed by atoms with Crippen LogP contribution in [0.2, 0.25) is 0 Å². The van der Waals surface area contributed by atoms with Gasteiger partial charge in [-0.25, -0.2) is 0 Å². The number of hydrogen-bond acceptors (Lipinski definition) is 5. The fourth-order valence-electron chi connectivity index (χ4n) is 2.10. The van der Waals surface area contributed by atoms with Crippen LogP contribution in [0.5, 0.6) is 0 Å². The Labute approximate surface area is 110 Å². The first-order valence-electron chi connectivity index (χ1n) is 6.24. The van der Waals surface area contributed by atoms with Crippen LogP contribution in [0.3, 0.4) is 0 Å². The molecule has 0 radical (unpaired) electrons. The summed E-state index contributed by atoms with van der Waals surface area (Å²) in [6, 6.07) is -0.758. The average Bonchev–Trinajstić information content (AvgIpc) is 2.82. The van der Waals surface area contributed by atoms with E-state index in [2.05, 4.69) is 4.99 Å². The Morgan fingerprint density at radius 1 is 1.53 bits per heavy atom. The quantitative estimate of drug-likeness (QED) is 0.553. The number of esters is 1. The van der Waals surface area contributed by atoms with Gasteiger partial charge in [0.25, 0.3) is 6.04 Å². The lowest BCUT2D eigenvalue weighted by Crippen LogP contribution is -2.35. The van der Waals surface area contributed by atoms with E-state index >= 15 is 0 Å². The Bertz CT molecular complexity index is 517. The van der Waals surface area contributed by atoms with Gasteiger partial charge < -0.3 is 4.74 Å². The van der Waals surface area contributed by atoms with Gasteiger partial charge in [0.05, 0.1) is 17.8 Å². The molecule has 2 aliphatic rings. The maximum atomic E-state index is 12.1. The molecule has 0 spiro atoms.